The first-order valence-electron chi connectivity index (χ1n) is 7.34. The zero-order chi connectivity index (χ0) is 15.4. The van der Waals surface area contributed by atoms with Crippen LogP contribution in [0.2, 0.25) is 0 Å². The number of aliphatic hydroxyl groups is 1. The third-order valence-corrected chi connectivity index (χ3v) is 3.90. The van der Waals surface area contributed by atoms with Crippen molar-refractivity contribution >= 4 is 11.6 Å². The van der Waals surface area contributed by atoms with Crippen LogP contribution in [0.1, 0.15) is 42.9 Å². The van der Waals surface area contributed by atoms with Gasteiger partial charge in [0.1, 0.15) is 5.82 Å². The van der Waals surface area contributed by atoms with Gasteiger partial charge in [0.05, 0.1) is 11.7 Å². The molecular weight excluding hydrogens is 268 g/mol. The summed E-state index contributed by atoms with van der Waals surface area (Å²) in [6.07, 6.45) is 3.01. The number of aromatic nitrogens is 3. The second-order valence-electron chi connectivity index (χ2n) is 5.25. The van der Waals surface area contributed by atoms with Gasteiger partial charge in [0.25, 0.3) is 5.91 Å². The van der Waals surface area contributed by atoms with Crippen molar-refractivity contribution in [1.29, 1.82) is 0 Å². The number of hydrogen-bond donors (Lipinski definition) is 2. The molecule has 2 heterocycles. The third kappa shape index (κ3) is 3.39. The first-order chi connectivity index (χ1) is 10.1. The summed E-state index contributed by atoms with van der Waals surface area (Å²) >= 11 is 0. The number of aryl methyl sites for hydroxylation is 1. The number of carbonyl (C=O) groups excluding carboxylic acids is 1. The van der Waals surface area contributed by atoms with Gasteiger partial charge in [-0.25, -0.2) is 0 Å². The van der Waals surface area contributed by atoms with E-state index in [9.17, 15) is 9.90 Å². The number of amides is 1. The molecule has 1 amide bonds. The maximum absolute atomic E-state index is 12.1. The Kier molecular flexibility index (Phi) is 4.90. The van der Waals surface area contributed by atoms with E-state index in [4.69, 9.17) is 0 Å². The maximum atomic E-state index is 12.1. The maximum Gasteiger partial charge on any atom is 0.252 e. The van der Waals surface area contributed by atoms with Gasteiger partial charge >= 0.3 is 0 Å². The van der Waals surface area contributed by atoms with E-state index in [1.54, 1.807) is 22.7 Å². The molecule has 0 aliphatic carbocycles. The van der Waals surface area contributed by atoms with Crippen LogP contribution >= 0.6 is 0 Å². The monoisotopic (exact) mass is 290 g/mol. The van der Waals surface area contributed by atoms with E-state index in [0.29, 0.717) is 11.2 Å². The van der Waals surface area contributed by atoms with Gasteiger partial charge in [-0.1, -0.05) is 26.7 Å². The van der Waals surface area contributed by atoms with E-state index in [1.807, 2.05) is 20.8 Å². The zero-order valence-corrected chi connectivity index (χ0v) is 12.7. The van der Waals surface area contributed by atoms with Crippen molar-refractivity contribution in [3.8, 4) is 0 Å². The van der Waals surface area contributed by atoms with Gasteiger partial charge in [0.15, 0.2) is 5.65 Å². The summed E-state index contributed by atoms with van der Waals surface area (Å²) < 4.78 is 1.77. The number of aliphatic hydroxyl groups excluding tert-OH is 1. The lowest BCUT2D eigenvalue weighted by molar-refractivity contribution is 0.0816. The molecule has 2 rings (SSSR count). The van der Waals surface area contributed by atoms with E-state index >= 15 is 0 Å². The van der Waals surface area contributed by atoms with Crippen LogP contribution in [-0.4, -0.2) is 38.3 Å². The molecule has 0 radical (unpaired) electrons. The van der Waals surface area contributed by atoms with Crippen LogP contribution in [0.3, 0.4) is 0 Å². The largest absolute Gasteiger partial charge is 0.391 e. The molecule has 6 heteroatoms. The van der Waals surface area contributed by atoms with Crippen LogP contribution in [0.25, 0.3) is 5.65 Å². The van der Waals surface area contributed by atoms with Gasteiger partial charge in [0, 0.05) is 12.7 Å². The smallest absolute Gasteiger partial charge is 0.252 e. The Hall–Kier alpha value is -1.95. The summed E-state index contributed by atoms with van der Waals surface area (Å²) in [6, 6.07) is 3.47. The minimum Gasteiger partial charge on any atom is -0.391 e. The molecule has 0 aliphatic rings. The molecule has 2 aromatic heterocycles. The van der Waals surface area contributed by atoms with Crippen molar-refractivity contribution in [2.45, 2.75) is 39.7 Å². The number of nitrogens with zero attached hydrogens (tertiary/aromatic N) is 3. The predicted molar refractivity (Wildman–Crippen MR) is 80.1 cm³/mol. The number of hydrogen-bond acceptors (Lipinski definition) is 4. The van der Waals surface area contributed by atoms with E-state index in [-0.39, 0.29) is 18.4 Å². The summed E-state index contributed by atoms with van der Waals surface area (Å²) in [6.45, 7) is 6.19. The molecule has 0 fully saturated rings. The van der Waals surface area contributed by atoms with Crippen LogP contribution in [0.15, 0.2) is 18.3 Å². The van der Waals surface area contributed by atoms with Gasteiger partial charge in [-0.3, -0.25) is 9.20 Å². The minimum atomic E-state index is -0.510. The Labute approximate surface area is 124 Å². The highest BCUT2D eigenvalue weighted by Crippen LogP contribution is 2.12. The van der Waals surface area contributed by atoms with Crippen molar-refractivity contribution < 1.29 is 9.90 Å². The van der Waals surface area contributed by atoms with Gasteiger partial charge in [-0.15, -0.1) is 10.2 Å². The number of pyridine rings is 1. The fraction of sp³-hybridized carbons (Fsp3) is 0.533. The van der Waals surface area contributed by atoms with Gasteiger partial charge in [-0.2, -0.15) is 0 Å². The number of rotatable bonds is 6. The third-order valence-electron chi connectivity index (χ3n) is 3.90. The van der Waals surface area contributed by atoms with Gasteiger partial charge < -0.3 is 10.4 Å². The quantitative estimate of drug-likeness (QED) is 0.846. The fourth-order valence-corrected chi connectivity index (χ4v) is 2.44. The molecular formula is C15H22N4O2. The van der Waals surface area contributed by atoms with Crippen molar-refractivity contribution in [3.05, 3.63) is 29.7 Å². The number of nitrogens with one attached hydrogen (secondary N) is 1. The molecule has 0 aliphatic heterocycles. The first kappa shape index (κ1) is 15.4. The highest BCUT2D eigenvalue weighted by molar-refractivity contribution is 5.94. The summed E-state index contributed by atoms with van der Waals surface area (Å²) in [5.41, 5.74) is 1.24. The van der Waals surface area contributed by atoms with Crippen LogP contribution < -0.4 is 5.32 Å². The molecule has 2 aromatic rings. The molecule has 0 bridgehead atoms. The normalized spacial score (nSPS) is 12.8. The average Bonchev–Trinajstić information content (AvgIpc) is 2.87. The Bertz CT molecular complexity index is 619. The second-order valence-corrected chi connectivity index (χ2v) is 5.25. The summed E-state index contributed by atoms with van der Waals surface area (Å²) in [5.74, 6) is 0.750. The number of fused-ring (bicyclic) bond motifs is 1. The summed E-state index contributed by atoms with van der Waals surface area (Å²) in [5, 5.41) is 20.8. The number of carbonyl (C=O) groups is 1. The Morgan fingerprint density at radius 3 is 2.71 bits per heavy atom. The van der Waals surface area contributed by atoms with Crippen molar-refractivity contribution in [1.82, 2.24) is 19.9 Å². The lowest BCUT2D eigenvalue weighted by Gasteiger charge is -2.20. The Morgan fingerprint density at radius 2 is 2.05 bits per heavy atom. The van der Waals surface area contributed by atoms with E-state index in [2.05, 4.69) is 15.5 Å². The van der Waals surface area contributed by atoms with Gasteiger partial charge in [-0.05, 0) is 25.0 Å². The molecule has 6 nitrogen and oxygen atoms in total. The second kappa shape index (κ2) is 6.67. The van der Waals surface area contributed by atoms with Crippen LogP contribution in [0.4, 0.5) is 0 Å². The van der Waals surface area contributed by atoms with E-state index < -0.39 is 6.10 Å². The highest BCUT2D eigenvalue weighted by atomic mass is 16.3. The molecule has 114 valence electrons. The predicted octanol–water partition coefficient (Wildman–Crippen LogP) is 1.56. The molecule has 21 heavy (non-hydrogen) atoms. The molecule has 0 saturated heterocycles. The Balaban J connectivity index is 2.03. The van der Waals surface area contributed by atoms with Crippen molar-refractivity contribution in [2.24, 2.45) is 5.92 Å². The minimum absolute atomic E-state index is 0.199. The fourth-order valence-electron chi connectivity index (χ4n) is 2.44. The van der Waals surface area contributed by atoms with Crippen LogP contribution in [0.5, 0.6) is 0 Å². The first-order valence-corrected chi connectivity index (χ1v) is 7.34. The SMILES string of the molecule is CCC(CC)C(O)CNC(=O)c1ccc2nnc(C)n2c1. The topological polar surface area (TPSA) is 79.5 Å². The molecule has 1 unspecified atom stereocenters. The standard InChI is InChI=1S/C15H22N4O2/c1-4-11(5-2)13(20)8-16-15(21)12-6-7-14-18-17-10(3)19(14)9-12/h6-7,9,11,13,20H,4-5,8H2,1-3H3,(H,16,21). The molecule has 2 N–H and O–H groups in total. The average molecular weight is 290 g/mol. The lowest BCUT2D eigenvalue weighted by Crippen LogP contribution is -2.36. The van der Waals surface area contributed by atoms with Crippen molar-refractivity contribution in [2.75, 3.05) is 6.54 Å². The highest BCUT2D eigenvalue weighted by Gasteiger charge is 2.17. The zero-order valence-electron chi connectivity index (χ0n) is 12.7. The summed E-state index contributed by atoms with van der Waals surface area (Å²) in [4.78, 5) is 12.1. The Morgan fingerprint density at radius 1 is 1.33 bits per heavy atom. The lowest BCUT2D eigenvalue weighted by atomic mass is 9.96. The van der Waals surface area contributed by atoms with Gasteiger partial charge in [0.2, 0.25) is 0 Å². The molecule has 0 aromatic carbocycles. The van der Waals surface area contributed by atoms with E-state index in [0.717, 1.165) is 18.7 Å². The molecule has 0 spiro atoms. The van der Waals surface area contributed by atoms with Crippen LogP contribution in [0, 0.1) is 12.8 Å². The molecule has 1 atom stereocenters. The van der Waals surface area contributed by atoms with E-state index in [1.165, 1.54) is 0 Å². The summed E-state index contributed by atoms with van der Waals surface area (Å²) in [7, 11) is 0. The van der Waals surface area contributed by atoms with Crippen molar-refractivity contribution in [3.63, 3.8) is 0 Å². The molecule has 0 saturated carbocycles. The van der Waals surface area contributed by atoms with Crippen LogP contribution in [-0.2, 0) is 0 Å².